The van der Waals surface area contributed by atoms with Gasteiger partial charge in [-0.2, -0.15) is 5.26 Å². The molecule has 0 spiro atoms. The Bertz CT molecular complexity index is 1120. The second kappa shape index (κ2) is 10.8. The lowest BCUT2D eigenvalue weighted by molar-refractivity contribution is -0.112. The monoisotopic (exact) mass is 431 g/mol. The largest absolute Gasteiger partial charge is 0.493 e. The van der Waals surface area contributed by atoms with Crippen molar-refractivity contribution < 1.29 is 14.3 Å². The Balaban J connectivity index is 1.74. The zero-order chi connectivity index (χ0) is 22.1. The number of nitriles is 1. The quantitative estimate of drug-likeness (QED) is 0.371. The van der Waals surface area contributed by atoms with Crippen LogP contribution in [0.4, 0.5) is 11.4 Å². The van der Waals surface area contributed by atoms with Gasteiger partial charge in [0.2, 0.25) is 0 Å². The first-order valence-electron chi connectivity index (χ1n) is 9.36. The zero-order valence-electron chi connectivity index (χ0n) is 17.1. The van der Waals surface area contributed by atoms with Crippen molar-refractivity contribution in [2.45, 2.75) is 9.79 Å². The highest BCUT2D eigenvalue weighted by Gasteiger charge is 2.13. The molecule has 0 unspecified atom stereocenters. The number of methoxy groups -OCH3 is 2. The summed E-state index contributed by atoms with van der Waals surface area (Å²) < 4.78 is 10.5. The number of ether oxygens (including phenoxy) is 2. The van der Waals surface area contributed by atoms with Gasteiger partial charge in [-0.1, -0.05) is 42.1 Å². The topological polar surface area (TPSA) is 83.4 Å². The van der Waals surface area contributed by atoms with Crippen LogP contribution in [0, 0.1) is 11.3 Å². The third-order valence-electron chi connectivity index (χ3n) is 4.24. The molecule has 0 aliphatic rings. The molecule has 0 radical (unpaired) electrons. The molecule has 3 aromatic rings. The summed E-state index contributed by atoms with van der Waals surface area (Å²) in [6.07, 6.45) is 1.36. The molecule has 0 heterocycles. The van der Waals surface area contributed by atoms with Gasteiger partial charge in [-0.05, 0) is 36.4 Å². The van der Waals surface area contributed by atoms with Crippen LogP contribution in [-0.2, 0) is 4.79 Å². The summed E-state index contributed by atoms with van der Waals surface area (Å²) in [5, 5.41) is 15.3. The van der Waals surface area contributed by atoms with E-state index in [4.69, 9.17) is 9.47 Å². The van der Waals surface area contributed by atoms with Gasteiger partial charge in [0.25, 0.3) is 5.91 Å². The molecule has 156 valence electrons. The molecule has 0 saturated heterocycles. The fourth-order valence-corrected chi connectivity index (χ4v) is 3.62. The van der Waals surface area contributed by atoms with Crippen LogP contribution in [0.25, 0.3) is 0 Å². The van der Waals surface area contributed by atoms with Crippen LogP contribution in [0.5, 0.6) is 11.5 Å². The fraction of sp³-hybridized carbons (Fsp3) is 0.0833. The minimum atomic E-state index is -0.503. The highest BCUT2D eigenvalue weighted by Crippen LogP contribution is 2.33. The molecule has 0 aromatic heterocycles. The first-order valence-corrected chi connectivity index (χ1v) is 10.2. The van der Waals surface area contributed by atoms with Gasteiger partial charge in [0.1, 0.15) is 11.6 Å². The molecule has 6 nitrogen and oxygen atoms in total. The summed E-state index contributed by atoms with van der Waals surface area (Å²) in [5.74, 6) is 0.620. The van der Waals surface area contributed by atoms with Gasteiger partial charge in [0.05, 0.1) is 19.9 Å². The van der Waals surface area contributed by atoms with E-state index in [1.54, 1.807) is 31.4 Å². The van der Waals surface area contributed by atoms with Crippen LogP contribution in [0.15, 0.2) is 94.4 Å². The number of hydrogen-bond acceptors (Lipinski definition) is 6. The van der Waals surface area contributed by atoms with Gasteiger partial charge in [0, 0.05) is 27.7 Å². The Morgan fingerprint density at radius 1 is 0.968 bits per heavy atom. The number of rotatable bonds is 8. The number of anilines is 2. The summed E-state index contributed by atoms with van der Waals surface area (Å²) in [6.45, 7) is 0. The maximum absolute atomic E-state index is 12.7. The molecule has 2 N–H and O–H groups in total. The second-order valence-corrected chi connectivity index (χ2v) is 7.36. The van der Waals surface area contributed by atoms with Crippen LogP contribution in [0.1, 0.15) is 0 Å². The molecule has 7 heteroatoms. The van der Waals surface area contributed by atoms with Crippen molar-refractivity contribution in [3.05, 3.63) is 84.6 Å². The van der Waals surface area contributed by atoms with Gasteiger partial charge in [0.15, 0.2) is 11.5 Å². The van der Waals surface area contributed by atoms with E-state index in [0.717, 1.165) is 9.79 Å². The van der Waals surface area contributed by atoms with Crippen molar-refractivity contribution in [2.24, 2.45) is 0 Å². The molecule has 0 aliphatic carbocycles. The molecule has 0 bridgehead atoms. The minimum absolute atomic E-state index is 0.0608. The molecule has 0 fully saturated rings. The zero-order valence-corrected chi connectivity index (χ0v) is 17.9. The Kier molecular flexibility index (Phi) is 7.57. The lowest BCUT2D eigenvalue weighted by Crippen LogP contribution is -2.15. The Hall–Kier alpha value is -3.89. The predicted molar refractivity (Wildman–Crippen MR) is 123 cm³/mol. The Morgan fingerprint density at radius 2 is 1.68 bits per heavy atom. The number of benzene rings is 3. The number of carbonyl (C=O) groups is 1. The normalized spacial score (nSPS) is 10.7. The van der Waals surface area contributed by atoms with Gasteiger partial charge in [-0.3, -0.25) is 4.79 Å². The highest BCUT2D eigenvalue weighted by molar-refractivity contribution is 7.99. The van der Waals surface area contributed by atoms with E-state index in [0.29, 0.717) is 22.9 Å². The molecule has 3 aromatic carbocycles. The van der Waals surface area contributed by atoms with Crippen molar-refractivity contribution >= 4 is 29.0 Å². The predicted octanol–water partition coefficient (Wildman–Crippen LogP) is 5.31. The number of para-hydroxylation sites is 1. The van der Waals surface area contributed by atoms with Crippen LogP contribution in [0.2, 0.25) is 0 Å². The first kappa shape index (κ1) is 21.8. The summed E-state index contributed by atoms with van der Waals surface area (Å²) in [6, 6.07) is 24.5. The van der Waals surface area contributed by atoms with E-state index < -0.39 is 5.91 Å². The lowest BCUT2D eigenvalue weighted by Gasteiger charge is -2.11. The van der Waals surface area contributed by atoms with E-state index in [9.17, 15) is 10.1 Å². The van der Waals surface area contributed by atoms with Gasteiger partial charge >= 0.3 is 0 Å². The van der Waals surface area contributed by atoms with E-state index in [2.05, 4.69) is 10.6 Å². The summed E-state index contributed by atoms with van der Waals surface area (Å²) in [7, 11) is 3.09. The van der Waals surface area contributed by atoms with Crippen molar-refractivity contribution in [2.75, 3.05) is 24.9 Å². The number of carbonyl (C=O) groups excluding carboxylic acids is 1. The summed E-state index contributed by atoms with van der Waals surface area (Å²) in [4.78, 5) is 14.6. The standard InChI is InChI=1S/C24H21N3O3S/c1-29-21-13-12-18(14-22(21)30-2)26-16-17(15-25)24(28)27-20-10-6-7-11-23(20)31-19-8-4-3-5-9-19/h3-14,16,26H,1-2H3,(H,27,28)/b17-16-. The Morgan fingerprint density at radius 3 is 2.39 bits per heavy atom. The number of nitrogens with one attached hydrogen (secondary N) is 2. The lowest BCUT2D eigenvalue weighted by atomic mass is 10.2. The molecule has 0 aliphatic heterocycles. The van der Waals surface area contributed by atoms with Crippen LogP contribution in [-0.4, -0.2) is 20.1 Å². The molecule has 3 rings (SSSR count). The maximum Gasteiger partial charge on any atom is 0.267 e. The SMILES string of the molecule is COc1ccc(N/C=C(/C#N)C(=O)Nc2ccccc2Sc2ccccc2)cc1OC. The van der Waals surface area contributed by atoms with E-state index in [1.165, 1.54) is 25.1 Å². The van der Waals surface area contributed by atoms with Crippen molar-refractivity contribution in [3.8, 4) is 17.6 Å². The molecular formula is C24H21N3O3S. The van der Waals surface area contributed by atoms with Crippen LogP contribution < -0.4 is 20.1 Å². The minimum Gasteiger partial charge on any atom is -0.493 e. The summed E-state index contributed by atoms with van der Waals surface area (Å²) >= 11 is 1.53. The maximum atomic E-state index is 12.7. The van der Waals surface area contributed by atoms with E-state index in [1.807, 2.05) is 54.6 Å². The van der Waals surface area contributed by atoms with Gasteiger partial charge < -0.3 is 20.1 Å². The fourth-order valence-electron chi connectivity index (χ4n) is 2.69. The third kappa shape index (κ3) is 5.81. The first-order chi connectivity index (χ1) is 15.1. The molecule has 0 saturated carbocycles. The highest BCUT2D eigenvalue weighted by atomic mass is 32.2. The number of nitrogens with zero attached hydrogens (tertiary/aromatic N) is 1. The van der Waals surface area contributed by atoms with E-state index >= 15 is 0 Å². The van der Waals surface area contributed by atoms with Crippen molar-refractivity contribution in [3.63, 3.8) is 0 Å². The average molecular weight is 432 g/mol. The van der Waals surface area contributed by atoms with E-state index in [-0.39, 0.29) is 5.57 Å². The van der Waals surface area contributed by atoms with Crippen LogP contribution in [0.3, 0.4) is 0 Å². The van der Waals surface area contributed by atoms with Crippen molar-refractivity contribution in [1.82, 2.24) is 0 Å². The second-order valence-electron chi connectivity index (χ2n) is 6.25. The van der Waals surface area contributed by atoms with Crippen molar-refractivity contribution in [1.29, 1.82) is 5.26 Å². The summed E-state index contributed by atoms with van der Waals surface area (Å²) in [5.41, 5.74) is 1.22. The van der Waals surface area contributed by atoms with Crippen LogP contribution >= 0.6 is 11.8 Å². The van der Waals surface area contributed by atoms with Gasteiger partial charge in [-0.25, -0.2) is 0 Å². The third-order valence-corrected chi connectivity index (χ3v) is 5.32. The Labute approximate surface area is 185 Å². The van der Waals surface area contributed by atoms with Gasteiger partial charge in [-0.15, -0.1) is 0 Å². The molecule has 31 heavy (non-hydrogen) atoms. The number of hydrogen-bond donors (Lipinski definition) is 2. The molecule has 0 atom stereocenters. The smallest absolute Gasteiger partial charge is 0.267 e. The molecular weight excluding hydrogens is 410 g/mol. The number of amides is 1. The molecule has 1 amide bonds. The average Bonchev–Trinajstić information content (AvgIpc) is 2.81.